The van der Waals surface area contributed by atoms with Crippen LogP contribution in [0.2, 0.25) is 0 Å². The van der Waals surface area contributed by atoms with Crippen LogP contribution in [0.1, 0.15) is 181 Å². The summed E-state index contributed by atoms with van der Waals surface area (Å²) in [6.07, 6.45) is 41.5. The molecule has 0 spiro atoms. The summed E-state index contributed by atoms with van der Waals surface area (Å²) in [6.45, 7) is 4.59. The first-order chi connectivity index (χ1) is 15.4. The summed E-state index contributed by atoms with van der Waals surface area (Å²) in [7, 11) is 0. The molecule has 0 nitrogen and oxygen atoms in total. The predicted octanol–water partition coefficient (Wildman–Crippen LogP) is 11.9. The summed E-state index contributed by atoms with van der Waals surface area (Å²) in [6, 6.07) is 0. The molecular weight excluding hydrogens is 372 g/mol. The zero-order valence-electron chi connectivity index (χ0n) is 22.0. The van der Waals surface area contributed by atoms with Crippen LogP contribution in [0.5, 0.6) is 0 Å². The predicted molar refractivity (Wildman–Crippen MR) is 144 cm³/mol. The third kappa shape index (κ3) is 29.5. The van der Waals surface area contributed by atoms with E-state index < -0.39 is 0 Å². The molecule has 0 aromatic rings. The van der Waals surface area contributed by atoms with Gasteiger partial charge in [-0.05, 0) is 37.8 Å². The second-order valence-corrected chi connectivity index (χ2v) is 9.93. The fourth-order valence-electron chi connectivity index (χ4n) is 4.42. The van der Waals surface area contributed by atoms with Crippen LogP contribution in [0.25, 0.3) is 0 Å². The molecule has 0 bridgehead atoms. The third-order valence-electron chi connectivity index (χ3n) is 6.64. The van der Waals surface area contributed by atoms with Gasteiger partial charge in [-0.25, -0.2) is 0 Å². The maximum atomic E-state index is 3.39. The molecule has 0 aromatic heterocycles. The Hall–Kier alpha value is -0.480. The van der Waals surface area contributed by atoms with E-state index in [9.17, 15) is 0 Å². The maximum absolute atomic E-state index is 3.39. The molecule has 31 heavy (non-hydrogen) atoms. The van der Waals surface area contributed by atoms with Crippen molar-refractivity contribution in [2.45, 2.75) is 181 Å². The highest BCUT2D eigenvalue weighted by molar-refractivity contribution is 4.84. The van der Waals surface area contributed by atoms with Crippen molar-refractivity contribution in [1.29, 1.82) is 0 Å². The van der Waals surface area contributed by atoms with Crippen molar-refractivity contribution in [1.82, 2.24) is 0 Å². The quantitative estimate of drug-likeness (QED) is 0.0941. The van der Waals surface area contributed by atoms with Gasteiger partial charge in [0.1, 0.15) is 0 Å². The highest BCUT2D eigenvalue weighted by atomic mass is 14.0. The number of allylic oxidation sites excluding steroid dienone is 1. The minimum atomic E-state index is 1.22. The van der Waals surface area contributed by atoms with Crippen LogP contribution in [0.3, 0.4) is 0 Å². The molecule has 0 N–H and O–H groups in total. The summed E-state index contributed by atoms with van der Waals surface area (Å²) in [5, 5.41) is 0. The molecule has 0 unspecified atom stereocenters. The molecular formula is C31H60. The number of hydrogen-bond donors (Lipinski definition) is 0. The highest BCUT2D eigenvalue weighted by Crippen LogP contribution is 2.14. The summed E-state index contributed by atoms with van der Waals surface area (Å²) < 4.78 is 0. The molecule has 0 aliphatic carbocycles. The van der Waals surface area contributed by atoms with Gasteiger partial charge in [0.15, 0.2) is 0 Å². The Morgan fingerprint density at radius 2 is 0.548 bits per heavy atom. The smallest absolute Gasteiger partial charge is 0.0274 e. The first-order valence-corrected chi connectivity index (χ1v) is 14.8. The Bertz CT molecular complexity index is 360. The Morgan fingerprint density at radius 3 is 0.806 bits per heavy atom. The molecule has 0 heteroatoms. The number of unbranched alkanes of at least 4 members (excludes halogenated alkanes) is 24. The fraction of sp³-hybridized carbons (Fsp3) is 0.903. The van der Waals surface area contributed by atoms with Crippen molar-refractivity contribution in [3.05, 3.63) is 17.9 Å². The van der Waals surface area contributed by atoms with Crippen molar-refractivity contribution in [3.8, 4) is 0 Å². The molecule has 0 saturated heterocycles. The zero-order valence-corrected chi connectivity index (χ0v) is 22.0. The standard InChI is InChI=1S/C31H60/c1-3-5-7-9-11-13-15-17-19-21-23-25-27-29-31-30-28-26-24-22-20-18-16-14-12-10-8-6-4-2/h17,21H,3-16,18,20,22-31H2,1-2H3. The molecule has 0 aliphatic heterocycles. The summed E-state index contributed by atoms with van der Waals surface area (Å²) in [4.78, 5) is 0. The van der Waals surface area contributed by atoms with Gasteiger partial charge in [0.2, 0.25) is 0 Å². The molecule has 0 rings (SSSR count). The van der Waals surface area contributed by atoms with Gasteiger partial charge in [-0.15, -0.1) is 5.73 Å². The normalized spacial score (nSPS) is 10.9. The Labute approximate surface area is 198 Å². The Morgan fingerprint density at radius 1 is 0.323 bits per heavy atom. The molecule has 0 atom stereocenters. The largest absolute Gasteiger partial charge is 0.130 e. The van der Waals surface area contributed by atoms with Crippen LogP contribution < -0.4 is 0 Å². The molecule has 0 aromatic carbocycles. The van der Waals surface area contributed by atoms with E-state index >= 15 is 0 Å². The minimum absolute atomic E-state index is 1.22. The van der Waals surface area contributed by atoms with Gasteiger partial charge >= 0.3 is 0 Å². The van der Waals surface area contributed by atoms with Crippen LogP contribution in [0, 0.1) is 0 Å². The molecule has 0 aliphatic rings. The van der Waals surface area contributed by atoms with E-state index in [-0.39, 0.29) is 0 Å². The molecule has 0 saturated carbocycles. The summed E-state index contributed by atoms with van der Waals surface area (Å²) in [5.74, 6) is 0. The van der Waals surface area contributed by atoms with Crippen molar-refractivity contribution >= 4 is 0 Å². The Kier molecular flexibility index (Phi) is 29.1. The SMILES string of the molecule is CCCCCCCCC=C=CCCCCCCCCCCCCCCCCCCCC. The first-order valence-electron chi connectivity index (χ1n) is 14.8. The van der Waals surface area contributed by atoms with Crippen LogP contribution >= 0.6 is 0 Å². The lowest BCUT2D eigenvalue weighted by atomic mass is 10.0. The van der Waals surface area contributed by atoms with E-state index in [1.165, 1.54) is 167 Å². The molecule has 0 fully saturated rings. The average molecular weight is 433 g/mol. The lowest BCUT2D eigenvalue weighted by Crippen LogP contribution is -1.84. The van der Waals surface area contributed by atoms with Crippen molar-refractivity contribution in [3.63, 3.8) is 0 Å². The fourth-order valence-corrected chi connectivity index (χ4v) is 4.42. The lowest BCUT2D eigenvalue weighted by molar-refractivity contribution is 0.525. The van der Waals surface area contributed by atoms with E-state index in [0.29, 0.717) is 0 Å². The third-order valence-corrected chi connectivity index (χ3v) is 6.64. The van der Waals surface area contributed by atoms with E-state index in [0.717, 1.165) is 0 Å². The summed E-state index contributed by atoms with van der Waals surface area (Å²) >= 11 is 0. The van der Waals surface area contributed by atoms with Crippen molar-refractivity contribution in [2.75, 3.05) is 0 Å². The monoisotopic (exact) mass is 432 g/mol. The number of hydrogen-bond acceptors (Lipinski definition) is 0. The van der Waals surface area contributed by atoms with Gasteiger partial charge in [-0.1, -0.05) is 155 Å². The minimum Gasteiger partial charge on any atom is -0.130 e. The van der Waals surface area contributed by atoms with Crippen molar-refractivity contribution in [2.24, 2.45) is 0 Å². The van der Waals surface area contributed by atoms with E-state index in [1.807, 2.05) is 0 Å². The molecule has 184 valence electrons. The average Bonchev–Trinajstić information content (AvgIpc) is 2.78. The van der Waals surface area contributed by atoms with Gasteiger partial charge < -0.3 is 0 Å². The van der Waals surface area contributed by atoms with Gasteiger partial charge in [-0.2, -0.15) is 0 Å². The second-order valence-electron chi connectivity index (χ2n) is 9.93. The lowest BCUT2D eigenvalue weighted by Gasteiger charge is -2.03. The van der Waals surface area contributed by atoms with Gasteiger partial charge in [0.05, 0.1) is 0 Å². The van der Waals surface area contributed by atoms with Crippen LogP contribution in [0.4, 0.5) is 0 Å². The van der Waals surface area contributed by atoms with E-state index in [2.05, 4.69) is 31.7 Å². The van der Waals surface area contributed by atoms with Gasteiger partial charge in [-0.3, -0.25) is 0 Å². The molecule has 0 radical (unpaired) electrons. The van der Waals surface area contributed by atoms with Crippen LogP contribution in [-0.2, 0) is 0 Å². The number of rotatable bonds is 26. The molecule has 0 amide bonds. The maximum Gasteiger partial charge on any atom is -0.0274 e. The van der Waals surface area contributed by atoms with Crippen molar-refractivity contribution < 1.29 is 0 Å². The Balaban J connectivity index is 3.11. The van der Waals surface area contributed by atoms with Crippen LogP contribution in [-0.4, -0.2) is 0 Å². The zero-order chi connectivity index (χ0) is 22.5. The van der Waals surface area contributed by atoms with E-state index in [1.54, 1.807) is 0 Å². The molecule has 0 heterocycles. The summed E-state index contributed by atoms with van der Waals surface area (Å²) in [5.41, 5.74) is 3.39. The second kappa shape index (κ2) is 29.5. The van der Waals surface area contributed by atoms with E-state index in [4.69, 9.17) is 0 Å². The van der Waals surface area contributed by atoms with Gasteiger partial charge in [0, 0.05) is 0 Å². The van der Waals surface area contributed by atoms with Crippen LogP contribution in [0.15, 0.2) is 17.9 Å². The first kappa shape index (κ1) is 30.5. The van der Waals surface area contributed by atoms with Gasteiger partial charge in [0.25, 0.3) is 0 Å². The highest BCUT2D eigenvalue weighted by Gasteiger charge is 1.95. The topological polar surface area (TPSA) is 0 Å².